The largest absolute Gasteiger partial charge is 0.495 e. The zero-order chi connectivity index (χ0) is 25.4. The van der Waals surface area contributed by atoms with Crippen LogP contribution in [0.25, 0.3) is 0 Å². The van der Waals surface area contributed by atoms with Crippen molar-refractivity contribution in [2.75, 3.05) is 37.1 Å². The SMILES string of the molecule is CCCCOC(=O)c1ccc(N2C[C@H](C(=O)OCC(=O)Nc3cc(Cl)ccc3OC)CC2=O)cc1. The summed E-state index contributed by atoms with van der Waals surface area (Å²) in [4.78, 5) is 50.7. The molecule has 9 nitrogen and oxygen atoms in total. The van der Waals surface area contributed by atoms with Crippen LogP contribution in [0.4, 0.5) is 11.4 Å². The number of hydrogen-bond acceptors (Lipinski definition) is 7. The fraction of sp³-hybridized carbons (Fsp3) is 0.360. The summed E-state index contributed by atoms with van der Waals surface area (Å²) in [5.41, 5.74) is 1.29. The van der Waals surface area contributed by atoms with Gasteiger partial charge in [-0.25, -0.2) is 4.79 Å². The number of ether oxygens (including phenoxy) is 3. The minimum Gasteiger partial charge on any atom is -0.495 e. The van der Waals surface area contributed by atoms with E-state index in [-0.39, 0.29) is 18.9 Å². The van der Waals surface area contributed by atoms with Crippen LogP contribution in [0.2, 0.25) is 5.02 Å². The third-order valence-electron chi connectivity index (χ3n) is 5.39. The summed E-state index contributed by atoms with van der Waals surface area (Å²) >= 11 is 5.95. The van der Waals surface area contributed by atoms with Gasteiger partial charge in [0.15, 0.2) is 6.61 Å². The Bertz CT molecular complexity index is 1090. The highest BCUT2D eigenvalue weighted by atomic mass is 35.5. The van der Waals surface area contributed by atoms with E-state index >= 15 is 0 Å². The second-order valence-corrected chi connectivity index (χ2v) is 8.38. The number of hydrogen-bond donors (Lipinski definition) is 1. The Morgan fingerprint density at radius 1 is 1.11 bits per heavy atom. The van der Waals surface area contributed by atoms with Gasteiger partial charge in [0, 0.05) is 23.7 Å². The van der Waals surface area contributed by atoms with Crippen molar-refractivity contribution in [3.05, 3.63) is 53.1 Å². The molecule has 3 rings (SSSR count). The number of benzene rings is 2. The van der Waals surface area contributed by atoms with Crippen LogP contribution in [0.3, 0.4) is 0 Å². The molecule has 0 aliphatic carbocycles. The molecule has 0 bridgehead atoms. The van der Waals surface area contributed by atoms with Crippen molar-refractivity contribution in [2.24, 2.45) is 5.92 Å². The normalized spacial score (nSPS) is 15.0. The van der Waals surface area contributed by atoms with Crippen molar-refractivity contribution in [3.8, 4) is 5.75 Å². The van der Waals surface area contributed by atoms with E-state index in [1.165, 1.54) is 18.1 Å². The Balaban J connectivity index is 1.52. The summed E-state index contributed by atoms with van der Waals surface area (Å²) in [7, 11) is 1.45. The molecule has 2 aromatic carbocycles. The molecule has 0 saturated carbocycles. The van der Waals surface area contributed by atoms with Gasteiger partial charge >= 0.3 is 11.9 Å². The molecule has 0 spiro atoms. The highest BCUT2D eigenvalue weighted by Crippen LogP contribution is 2.28. The van der Waals surface area contributed by atoms with Gasteiger partial charge in [0.05, 0.1) is 30.9 Å². The molecule has 1 saturated heterocycles. The number of nitrogens with zero attached hydrogens (tertiary/aromatic N) is 1. The fourth-order valence-corrected chi connectivity index (χ4v) is 3.68. The predicted octanol–water partition coefficient (Wildman–Crippen LogP) is 3.84. The van der Waals surface area contributed by atoms with Crippen molar-refractivity contribution in [1.29, 1.82) is 0 Å². The van der Waals surface area contributed by atoms with E-state index in [0.29, 0.717) is 34.3 Å². The number of amides is 2. The first-order valence-electron chi connectivity index (χ1n) is 11.2. The third kappa shape index (κ3) is 6.95. The van der Waals surface area contributed by atoms with Gasteiger partial charge in [-0.1, -0.05) is 24.9 Å². The number of anilines is 2. The minimum absolute atomic E-state index is 0.0383. The molecular weight excluding hydrogens is 476 g/mol. The first-order chi connectivity index (χ1) is 16.8. The topological polar surface area (TPSA) is 111 Å². The predicted molar refractivity (Wildman–Crippen MR) is 130 cm³/mol. The molecule has 1 heterocycles. The van der Waals surface area contributed by atoms with Gasteiger partial charge in [-0.2, -0.15) is 0 Å². The second kappa shape index (κ2) is 12.2. The second-order valence-electron chi connectivity index (χ2n) is 7.94. The summed E-state index contributed by atoms with van der Waals surface area (Å²) in [5, 5.41) is 2.99. The van der Waals surface area contributed by atoms with Gasteiger partial charge in [0.2, 0.25) is 5.91 Å². The molecule has 0 aromatic heterocycles. The quantitative estimate of drug-likeness (QED) is 0.388. The minimum atomic E-state index is -0.713. The number of unbranched alkanes of at least 4 members (excludes halogenated alkanes) is 1. The molecule has 186 valence electrons. The van der Waals surface area contributed by atoms with E-state index in [1.54, 1.807) is 36.4 Å². The van der Waals surface area contributed by atoms with E-state index in [9.17, 15) is 19.2 Å². The standard InChI is InChI=1S/C25H27ClN2O7/c1-3-4-11-34-24(31)16-5-8-19(9-6-16)28-14-17(12-23(28)30)25(32)35-15-22(29)27-20-13-18(26)7-10-21(20)33-2/h5-10,13,17H,3-4,11-12,14-15H2,1-2H3,(H,27,29)/t17-/m1/s1. The van der Waals surface area contributed by atoms with Crippen LogP contribution in [-0.4, -0.2) is 50.6 Å². The maximum absolute atomic E-state index is 12.5. The summed E-state index contributed by atoms with van der Waals surface area (Å²) in [6, 6.07) is 11.2. The molecule has 10 heteroatoms. The molecule has 2 aromatic rings. The molecule has 0 radical (unpaired) electrons. The Morgan fingerprint density at radius 2 is 1.86 bits per heavy atom. The third-order valence-corrected chi connectivity index (χ3v) is 5.62. The van der Waals surface area contributed by atoms with Crippen molar-refractivity contribution >= 4 is 46.7 Å². The van der Waals surface area contributed by atoms with Crippen molar-refractivity contribution in [2.45, 2.75) is 26.2 Å². The summed E-state index contributed by atoms with van der Waals surface area (Å²) < 4.78 is 15.5. The first kappa shape index (κ1) is 26.0. The van der Waals surface area contributed by atoms with E-state index < -0.39 is 30.4 Å². The lowest BCUT2D eigenvalue weighted by Gasteiger charge is -2.17. The van der Waals surface area contributed by atoms with Gasteiger partial charge in [0.25, 0.3) is 5.91 Å². The molecule has 1 aliphatic heterocycles. The molecule has 2 amide bonds. The molecule has 1 atom stereocenters. The number of carbonyl (C=O) groups excluding carboxylic acids is 4. The Morgan fingerprint density at radius 3 is 2.54 bits per heavy atom. The zero-order valence-corrected chi connectivity index (χ0v) is 20.3. The lowest BCUT2D eigenvalue weighted by Crippen LogP contribution is -2.28. The molecule has 35 heavy (non-hydrogen) atoms. The van der Waals surface area contributed by atoms with E-state index in [4.69, 9.17) is 25.8 Å². The van der Waals surface area contributed by atoms with E-state index in [0.717, 1.165) is 12.8 Å². The Labute approximate surface area is 208 Å². The Kier molecular flexibility index (Phi) is 9.08. The molecule has 0 unspecified atom stereocenters. The lowest BCUT2D eigenvalue weighted by atomic mass is 10.1. The zero-order valence-electron chi connectivity index (χ0n) is 19.5. The van der Waals surface area contributed by atoms with Crippen LogP contribution in [0.15, 0.2) is 42.5 Å². The number of halogens is 1. The average Bonchev–Trinajstić information content (AvgIpc) is 3.24. The smallest absolute Gasteiger partial charge is 0.338 e. The van der Waals surface area contributed by atoms with Crippen molar-refractivity contribution in [1.82, 2.24) is 0 Å². The maximum atomic E-state index is 12.5. The Hall–Kier alpha value is -3.59. The molecule has 1 fully saturated rings. The molecule has 1 N–H and O–H groups in total. The van der Waals surface area contributed by atoms with Crippen LogP contribution >= 0.6 is 11.6 Å². The number of nitrogens with one attached hydrogen (secondary N) is 1. The van der Waals surface area contributed by atoms with Gasteiger partial charge in [-0.05, 0) is 48.9 Å². The molecular formula is C25H27ClN2O7. The van der Waals surface area contributed by atoms with Crippen LogP contribution in [-0.2, 0) is 23.9 Å². The number of rotatable bonds is 10. The highest BCUT2D eigenvalue weighted by Gasteiger charge is 2.36. The summed E-state index contributed by atoms with van der Waals surface area (Å²) in [6.45, 7) is 1.96. The van der Waals surface area contributed by atoms with Gasteiger partial charge in [-0.3, -0.25) is 14.4 Å². The summed E-state index contributed by atoms with van der Waals surface area (Å²) in [6.07, 6.45) is 1.68. The number of esters is 2. The van der Waals surface area contributed by atoms with Gasteiger partial charge < -0.3 is 24.4 Å². The maximum Gasteiger partial charge on any atom is 0.338 e. The van der Waals surface area contributed by atoms with Crippen LogP contribution in [0, 0.1) is 5.92 Å². The highest BCUT2D eigenvalue weighted by molar-refractivity contribution is 6.31. The number of carbonyl (C=O) groups is 4. The van der Waals surface area contributed by atoms with E-state index in [2.05, 4.69) is 5.32 Å². The van der Waals surface area contributed by atoms with Crippen LogP contribution < -0.4 is 15.0 Å². The van der Waals surface area contributed by atoms with Gasteiger partial charge in [0.1, 0.15) is 5.75 Å². The molecule has 1 aliphatic rings. The lowest BCUT2D eigenvalue weighted by molar-refractivity contribution is -0.151. The average molecular weight is 503 g/mol. The monoisotopic (exact) mass is 502 g/mol. The van der Waals surface area contributed by atoms with E-state index in [1.807, 2.05) is 6.92 Å². The summed E-state index contributed by atoms with van der Waals surface area (Å²) in [5.74, 6) is -2.20. The van der Waals surface area contributed by atoms with Gasteiger partial charge in [-0.15, -0.1) is 0 Å². The number of methoxy groups -OCH3 is 1. The first-order valence-corrected chi connectivity index (χ1v) is 11.6. The van der Waals surface area contributed by atoms with Crippen molar-refractivity contribution in [3.63, 3.8) is 0 Å². The fourth-order valence-electron chi connectivity index (χ4n) is 3.50. The van der Waals surface area contributed by atoms with Crippen LogP contribution in [0.1, 0.15) is 36.5 Å². The van der Waals surface area contributed by atoms with Crippen molar-refractivity contribution < 1.29 is 33.4 Å². The van der Waals surface area contributed by atoms with Crippen LogP contribution in [0.5, 0.6) is 5.75 Å².